The Labute approximate surface area is 115 Å². The van der Waals surface area contributed by atoms with Gasteiger partial charge in [-0.15, -0.1) is 0 Å². The average molecular weight is 283 g/mol. The lowest BCUT2D eigenvalue weighted by Gasteiger charge is -2.08. The lowest BCUT2D eigenvalue weighted by atomic mass is 10.0. The van der Waals surface area contributed by atoms with Gasteiger partial charge in [-0.1, -0.05) is 23.4 Å². The number of hydrogen-bond acceptors (Lipinski definition) is 2. The third-order valence-corrected chi connectivity index (χ3v) is 3.10. The molecular formula is C15H16F3NO. The maximum absolute atomic E-state index is 12.5. The summed E-state index contributed by atoms with van der Waals surface area (Å²) in [6.07, 6.45) is 3.80. The predicted octanol–water partition coefficient (Wildman–Crippen LogP) is 4.71. The van der Waals surface area contributed by atoms with Gasteiger partial charge >= 0.3 is 6.18 Å². The normalized spacial score (nSPS) is 16.2. The fourth-order valence-corrected chi connectivity index (χ4v) is 2.03. The topological polar surface area (TPSA) is 21.6 Å². The fourth-order valence-electron chi connectivity index (χ4n) is 2.03. The molecule has 0 saturated heterocycles. The Balaban J connectivity index is 1.88. The number of halogens is 3. The van der Waals surface area contributed by atoms with Crippen molar-refractivity contribution in [2.75, 3.05) is 0 Å². The lowest BCUT2D eigenvalue weighted by Crippen LogP contribution is -2.05. The fraction of sp³-hybridized carbons (Fsp3) is 0.400. The molecule has 0 saturated carbocycles. The Morgan fingerprint density at radius 1 is 1.25 bits per heavy atom. The highest BCUT2D eigenvalue weighted by atomic mass is 19.4. The zero-order valence-corrected chi connectivity index (χ0v) is 11.0. The highest BCUT2D eigenvalue weighted by Crippen LogP contribution is 2.29. The van der Waals surface area contributed by atoms with Gasteiger partial charge in [-0.25, -0.2) is 0 Å². The van der Waals surface area contributed by atoms with Crippen molar-refractivity contribution in [3.8, 4) is 0 Å². The summed E-state index contributed by atoms with van der Waals surface area (Å²) >= 11 is 0. The van der Waals surface area contributed by atoms with Gasteiger partial charge in [0.1, 0.15) is 6.61 Å². The number of oxime groups is 1. The van der Waals surface area contributed by atoms with Gasteiger partial charge in [-0.05, 0) is 49.0 Å². The molecule has 0 unspecified atom stereocenters. The zero-order chi connectivity index (χ0) is 14.4. The van der Waals surface area contributed by atoms with Crippen molar-refractivity contribution >= 4 is 6.21 Å². The molecule has 108 valence electrons. The van der Waals surface area contributed by atoms with Gasteiger partial charge in [0.2, 0.25) is 0 Å². The van der Waals surface area contributed by atoms with E-state index in [9.17, 15) is 13.2 Å². The van der Waals surface area contributed by atoms with Crippen LogP contribution in [0.2, 0.25) is 0 Å². The first-order chi connectivity index (χ1) is 9.55. The van der Waals surface area contributed by atoms with E-state index in [2.05, 4.69) is 11.2 Å². The van der Waals surface area contributed by atoms with E-state index in [-0.39, 0.29) is 6.61 Å². The van der Waals surface area contributed by atoms with Crippen LogP contribution in [0.5, 0.6) is 0 Å². The van der Waals surface area contributed by atoms with E-state index >= 15 is 0 Å². The minimum absolute atomic E-state index is 0.0354. The highest BCUT2D eigenvalue weighted by molar-refractivity contribution is 5.78. The number of allylic oxidation sites excluding steroid dienone is 2. The van der Waals surface area contributed by atoms with Crippen LogP contribution in [-0.4, -0.2) is 6.21 Å². The van der Waals surface area contributed by atoms with Gasteiger partial charge in [0, 0.05) is 0 Å². The van der Waals surface area contributed by atoms with E-state index in [1.54, 1.807) is 12.3 Å². The Morgan fingerprint density at radius 2 is 2.10 bits per heavy atom. The Kier molecular flexibility index (Phi) is 4.82. The summed E-state index contributed by atoms with van der Waals surface area (Å²) < 4.78 is 37.6. The van der Waals surface area contributed by atoms with Crippen LogP contribution in [0, 0.1) is 0 Å². The van der Waals surface area contributed by atoms with E-state index in [0.29, 0.717) is 5.56 Å². The van der Waals surface area contributed by atoms with Crippen molar-refractivity contribution in [2.24, 2.45) is 5.16 Å². The maximum Gasteiger partial charge on any atom is 0.416 e. The van der Waals surface area contributed by atoms with Crippen LogP contribution in [0.15, 0.2) is 41.1 Å². The zero-order valence-electron chi connectivity index (χ0n) is 11.0. The van der Waals surface area contributed by atoms with Gasteiger partial charge in [0.15, 0.2) is 0 Å². The number of rotatable bonds is 4. The smallest absolute Gasteiger partial charge is 0.391 e. The van der Waals surface area contributed by atoms with Gasteiger partial charge in [0.05, 0.1) is 11.8 Å². The lowest BCUT2D eigenvalue weighted by molar-refractivity contribution is -0.137. The SMILES string of the molecule is FC(F)(F)c1cccc(CON=CC2=CCCCC2)c1. The van der Waals surface area contributed by atoms with Crippen LogP contribution in [0.4, 0.5) is 13.2 Å². The summed E-state index contributed by atoms with van der Waals surface area (Å²) in [5.74, 6) is 0. The van der Waals surface area contributed by atoms with Crippen LogP contribution in [-0.2, 0) is 17.6 Å². The first-order valence-corrected chi connectivity index (χ1v) is 6.56. The Bertz CT molecular complexity index is 506. The maximum atomic E-state index is 12.5. The molecule has 0 amide bonds. The van der Waals surface area contributed by atoms with Crippen molar-refractivity contribution in [1.29, 1.82) is 0 Å². The molecule has 1 aromatic carbocycles. The van der Waals surface area contributed by atoms with Crippen LogP contribution < -0.4 is 0 Å². The summed E-state index contributed by atoms with van der Waals surface area (Å²) in [5.41, 5.74) is 0.910. The molecule has 0 radical (unpaired) electrons. The first-order valence-electron chi connectivity index (χ1n) is 6.56. The molecule has 0 aromatic heterocycles. The van der Waals surface area contributed by atoms with Crippen LogP contribution in [0.25, 0.3) is 0 Å². The van der Waals surface area contributed by atoms with E-state index < -0.39 is 11.7 Å². The van der Waals surface area contributed by atoms with Crippen LogP contribution in [0.3, 0.4) is 0 Å². The molecule has 0 fully saturated rings. The molecule has 2 rings (SSSR count). The molecule has 0 heterocycles. The minimum atomic E-state index is -4.33. The summed E-state index contributed by atoms with van der Waals surface area (Å²) in [5, 5.41) is 3.81. The van der Waals surface area contributed by atoms with E-state index in [4.69, 9.17) is 4.84 Å². The van der Waals surface area contributed by atoms with Crippen LogP contribution in [0.1, 0.15) is 36.8 Å². The summed E-state index contributed by atoms with van der Waals surface area (Å²) in [6.45, 7) is 0.0354. The van der Waals surface area contributed by atoms with Gasteiger partial charge in [-0.2, -0.15) is 13.2 Å². The summed E-state index contributed by atoms with van der Waals surface area (Å²) in [6, 6.07) is 5.08. The van der Waals surface area contributed by atoms with Crippen molar-refractivity contribution < 1.29 is 18.0 Å². The van der Waals surface area contributed by atoms with Gasteiger partial charge in [-0.3, -0.25) is 0 Å². The molecule has 0 spiro atoms. The average Bonchev–Trinajstić information content (AvgIpc) is 2.44. The number of hydrogen-bond donors (Lipinski definition) is 0. The standard InChI is InChI=1S/C15H16F3NO/c16-15(17,18)14-8-4-7-13(9-14)11-20-19-10-12-5-2-1-3-6-12/h4-5,7-10H,1-3,6,11H2. The minimum Gasteiger partial charge on any atom is -0.391 e. The van der Waals surface area contributed by atoms with Crippen molar-refractivity contribution in [1.82, 2.24) is 0 Å². The molecule has 1 aliphatic carbocycles. The van der Waals surface area contributed by atoms with Gasteiger partial charge < -0.3 is 4.84 Å². The predicted molar refractivity (Wildman–Crippen MR) is 71.3 cm³/mol. The third kappa shape index (κ3) is 4.40. The number of alkyl halides is 3. The third-order valence-electron chi connectivity index (χ3n) is 3.10. The highest BCUT2D eigenvalue weighted by Gasteiger charge is 2.30. The Morgan fingerprint density at radius 3 is 2.80 bits per heavy atom. The molecule has 1 aliphatic rings. The summed E-state index contributed by atoms with van der Waals surface area (Å²) in [4.78, 5) is 5.05. The first kappa shape index (κ1) is 14.6. The van der Waals surface area contributed by atoms with E-state index in [1.807, 2.05) is 0 Å². The molecule has 0 aliphatic heterocycles. The second kappa shape index (κ2) is 6.59. The molecule has 20 heavy (non-hydrogen) atoms. The summed E-state index contributed by atoms with van der Waals surface area (Å²) in [7, 11) is 0. The second-order valence-corrected chi connectivity index (χ2v) is 4.73. The molecule has 0 N–H and O–H groups in total. The van der Waals surface area contributed by atoms with Crippen molar-refractivity contribution in [3.63, 3.8) is 0 Å². The molecule has 0 atom stereocenters. The monoisotopic (exact) mass is 283 g/mol. The number of benzene rings is 1. The molecule has 5 heteroatoms. The molecular weight excluding hydrogens is 267 g/mol. The van der Waals surface area contributed by atoms with Crippen molar-refractivity contribution in [2.45, 2.75) is 38.5 Å². The van der Waals surface area contributed by atoms with Crippen molar-refractivity contribution in [3.05, 3.63) is 47.0 Å². The quantitative estimate of drug-likeness (QED) is 0.579. The van der Waals surface area contributed by atoms with E-state index in [1.165, 1.54) is 12.5 Å². The molecule has 1 aromatic rings. The van der Waals surface area contributed by atoms with Crippen LogP contribution >= 0.6 is 0 Å². The van der Waals surface area contributed by atoms with E-state index in [0.717, 1.165) is 37.0 Å². The largest absolute Gasteiger partial charge is 0.416 e. The molecule has 0 bridgehead atoms. The second-order valence-electron chi connectivity index (χ2n) is 4.73. The number of nitrogens with zero attached hydrogens (tertiary/aromatic N) is 1. The van der Waals surface area contributed by atoms with Gasteiger partial charge in [0.25, 0.3) is 0 Å². The molecule has 2 nitrogen and oxygen atoms in total. The Hall–Kier alpha value is -1.78.